The highest BCUT2D eigenvalue weighted by Crippen LogP contribution is 2.28. The van der Waals surface area contributed by atoms with E-state index in [0.29, 0.717) is 6.04 Å². The van der Waals surface area contributed by atoms with E-state index in [9.17, 15) is 0 Å². The number of aryl methyl sites for hydroxylation is 1. The lowest BCUT2D eigenvalue weighted by molar-refractivity contribution is 0.324. The molecule has 1 aliphatic rings. The highest BCUT2D eigenvalue weighted by Gasteiger charge is 2.22. The van der Waals surface area contributed by atoms with Crippen LogP contribution in [0.5, 0.6) is 0 Å². The van der Waals surface area contributed by atoms with Gasteiger partial charge in [-0.1, -0.05) is 41.9 Å². The topological polar surface area (TPSA) is 53.1 Å². The van der Waals surface area contributed by atoms with Gasteiger partial charge in [0.2, 0.25) is 5.95 Å². The van der Waals surface area contributed by atoms with Gasteiger partial charge in [0, 0.05) is 30.5 Å². The lowest BCUT2D eigenvalue weighted by atomic mass is 9.86. The molecule has 32 heavy (non-hydrogen) atoms. The van der Waals surface area contributed by atoms with E-state index in [1.54, 1.807) is 0 Å². The number of nitrogens with one attached hydrogen (secondary N) is 2. The summed E-state index contributed by atoms with van der Waals surface area (Å²) in [4.78, 5) is 11.6. The van der Waals surface area contributed by atoms with Crippen molar-refractivity contribution in [2.24, 2.45) is 5.92 Å². The van der Waals surface area contributed by atoms with Crippen LogP contribution in [0.1, 0.15) is 37.7 Å². The van der Waals surface area contributed by atoms with Gasteiger partial charge in [0.05, 0.1) is 5.52 Å². The first-order valence-corrected chi connectivity index (χ1v) is 12.1. The molecule has 2 aromatic carbocycles. The molecule has 3 aromatic rings. The number of anilines is 2. The predicted molar refractivity (Wildman–Crippen MR) is 136 cm³/mol. The molecular formula is C26H34ClN5. The molecule has 0 bridgehead atoms. The first-order chi connectivity index (χ1) is 15.6. The molecule has 2 N–H and O–H groups in total. The normalized spacial score (nSPS) is 18.6. The van der Waals surface area contributed by atoms with Gasteiger partial charge in [-0.15, -0.1) is 0 Å². The van der Waals surface area contributed by atoms with Crippen LogP contribution in [-0.4, -0.2) is 43.2 Å². The standard InChI is InChI=1S/C26H34ClN5/c1-32(2)25-22-10-4-6-12-24(22)30-26(31-25)29-21-15-13-19(14-16-21)18-28-17-7-9-20-8-3-5-11-23(20)27/h3-6,8,10-12,19,21,28H,7,9,13-18H2,1-2H3,(H,29,30,31). The Hall–Kier alpha value is -2.37. The first kappa shape index (κ1) is 22.8. The zero-order valence-electron chi connectivity index (χ0n) is 19.1. The van der Waals surface area contributed by atoms with Gasteiger partial charge in [-0.3, -0.25) is 0 Å². The van der Waals surface area contributed by atoms with E-state index >= 15 is 0 Å². The number of nitrogens with zero attached hydrogens (tertiary/aromatic N) is 3. The smallest absolute Gasteiger partial charge is 0.225 e. The van der Waals surface area contributed by atoms with Crippen molar-refractivity contribution < 1.29 is 0 Å². The summed E-state index contributed by atoms with van der Waals surface area (Å²) in [6.45, 7) is 2.15. The van der Waals surface area contributed by atoms with Crippen LogP contribution in [0.25, 0.3) is 10.9 Å². The number of aromatic nitrogens is 2. The van der Waals surface area contributed by atoms with Crippen LogP contribution in [0.15, 0.2) is 48.5 Å². The zero-order chi connectivity index (χ0) is 22.3. The number of halogens is 1. The molecule has 1 fully saturated rings. The minimum absolute atomic E-state index is 0.447. The molecule has 4 rings (SSSR count). The molecule has 170 valence electrons. The highest BCUT2D eigenvalue weighted by atomic mass is 35.5. The number of benzene rings is 2. The van der Waals surface area contributed by atoms with Gasteiger partial charge in [-0.25, -0.2) is 4.98 Å². The fourth-order valence-corrected chi connectivity index (χ4v) is 4.80. The van der Waals surface area contributed by atoms with Crippen LogP contribution in [-0.2, 0) is 6.42 Å². The third-order valence-electron chi connectivity index (χ3n) is 6.38. The Labute approximate surface area is 196 Å². The first-order valence-electron chi connectivity index (χ1n) is 11.7. The number of hydrogen-bond donors (Lipinski definition) is 2. The summed E-state index contributed by atoms with van der Waals surface area (Å²) in [7, 11) is 4.07. The van der Waals surface area contributed by atoms with Crippen molar-refractivity contribution in [1.82, 2.24) is 15.3 Å². The van der Waals surface area contributed by atoms with Crippen LogP contribution in [0.4, 0.5) is 11.8 Å². The summed E-state index contributed by atoms with van der Waals surface area (Å²) in [6, 6.07) is 16.8. The van der Waals surface area contributed by atoms with Crippen LogP contribution in [0, 0.1) is 5.92 Å². The maximum absolute atomic E-state index is 6.25. The summed E-state index contributed by atoms with van der Waals surface area (Å²) in [5.74, 6) is 2.46. The van der Waals surface area contributed by atoms with Gasteiger partial charge in [-0.05, 0) is 81.3 Å². The molecular weight excluding hydrogens is 418 g/mol. The maximum Gasteiger partial charge on any atom is 0.225 e. The van der Waals surface area contributed by atoms with Crippen LogP contribution >= 0.6 is 11.6 Å². The Morgan fingerprint density at radius 2 is 1.72 bits per heavy atom. The lowest BCUT2D eigenvalue weighted by Crippen LogP contribution is -2.32. The van der Waals surface area contributed by atoms with Crippen LogP contribution in [0.3, 0.4) is 0 Å². The van der Waals surface area contributed by atoms with E-state index in [1.807, 2.05) is 38.4 Å². The van der Waals surface area contributed by atoms with Gasteiger partial charge in [-0.2, -0.15) is 4.98 Å². The van der Waals surface area contributed by atoms with E-state index in [2.05, 4.69) is 39.8 Å². The fourth-order valence-electron chi connectivity index (χ4n) is 4.57. The summed E-state index contributed by atoms with van der Waals surface area (Å²) in [6.07, 6.45) is 6.96. The Morgan fingerprint density at radius 1 is 0.969 bits per heavy atom. The molecule has 0 radical (unpaired) electrons. The Bertz CT molecular complexity index is 1010. The third kappa shape index (κ3) is 5.90. The lowest BCUT2D eigenvalue weighted by Gasteiger charge is -2.29. The van der Waals surface area contributed by atoms with E-state index in [4.69, 9.17) is 21.6 Å². The second-order valence-corrected chi connectivity index (χ2v) is 9.45. The summed E-state index contributed by atoms with van der Waals surface area (Å²) in [5.41, 5.74) is 2.24. The highest BCUT2D eigenvalue weighted by molar-refractivity contribution is 6.31. The van der Waals surface area contributed by atoms with Crippen molar-refractivity contribution in [3.63, 3.8) is 0 Å². The Balaban J connectivity index is 1.21. The Morgan fingerprint density at radius 3 is 2.50 bits per heavy atom. The van der Waals surface area contributed by atoms with Crippen LogP contribution in [0.2, 0.25) is 5.02 Å². The van der Waals surface area contributed by atoms with Crippen molar-refractivity contribution in [1.29, 1.82) is 0 Å². The minimum atomic E-state index is 0.447. The van der Waals surface area contributed by atoms with Gasteiger partial charge in [0.1, 0.15) is 5.82 Å². The molecule has 0 atom stereocenters. The molecule has 0 spiro atoms. The van der Waals surface area contributed by atoms with Crippen molar-refractivity contribution in [2.75, 3.05) is 37.4 Å². The molecule has 1 heterocycles. The van der Waals surface area contributed by atoms with Crippen molar-refractivity contribution in [3.05, 3.63) is 59.1 Å². The number of para-hydroxylation sites is 1. The molecule has 1 aliphatic carbocycles. The van der Waals surface area contributed by atoms with Crippen molar-refractivity contribution in [3.8, 4) is 0 Å². The third-order valence-corrected chi connectivity index (χ3v) is 6.75. The predicted octanol–water partition coefficient (Wildman–Crippen LogP) is 5.54. The quantitative estimate of drug-likeness (QED) is 0.418. The Kier molecular flexibility index (Phi) is 7.82. The van der Waals surface area contributed by atoms with E-state index in [1.165, 1.54) is 31.2 Å². The average molecular weight is 452 g/mol. The minimum Gasteiger partial charge on any atom is -0.362 e. The van der Waals surface area contributed by atoms with E-state index in [-0.39, 0.29) is 0 Å². The summed E-state index contributed by atoms with van der Waals surface area (Å²) < 4.78 is 0. The number of rotatable bonds is 9. The molecule has 1 saturated carbocycles. The average Bonchev–Trinajstić information content (AvgIpc) is 2.80. The van der Waals surface area contributed by atoms with Crippen molar-refractivity contribution >= 4 is 34.3 Å². The van der Waals surface area contributed by atoms with Gasteiger partial charge in [0.15, 0.2) is 0 Å². The molecule has 0 amide bonds. The monoisotopic (exact) mass is 451 g/mol. The molecule has 6 heteroatoms. The molecule has 1 aromatic heterocycles. The number of fused-ring (bicyclic) bond motifs is 1. The maximum atomic E-state index is 6.25. The second kappa shape index (κ2) is 11.0. The summed E-state index contributed by atoms with van der Waals surface area (Å²) >= 11 is 6.25. The molecule has 0 saturated heterocycles. The van der Waals surface area contributed by atoms with Crippen LogP contribution < -0.4 is 15.5 Å². The van der Waals surface area contributed by atoms with Gasteiger partial charge in [0.25, 0.3) is 0 Å². The molecule has 0 unspecified atom stereocenters. The molecule has 0 aliphatic heterocycles. The number of hydrogen-bond acceptors (Lipinski definition) is 5. The van der Waals surface area contributed by atoms with Gasteiger partial charge >= 0.3 is 0 Å². The van der Waals surface area contributed by atoms with Gasteiger partial charge < -0.3 is 15.5 Å². The van der Waals surface area contributed by atoms with E-state index in [0.717, 1.165) is 59.5 Å². The summed E-state index contributed by atoms with van der Waals surface area (Å²) in [5, 5.41) is 9.23. The van der Waals surface area contributed by atoms with E-state index < -0.39 is 0 Å². The zero-order valence-corrected chi connectivity index (χ0v) is 19.9. The second-order valence-electron chi connectivity index (χ2n) is 9.04. The van der Waals surface area contributed by atoms with Crippen molar-refractivity contribution in [2.45, 2.75) is 44.6 Å². The fraction of sp³-hybridized carbons (Fsp3) is 0.462. The molecule has 5 nitrogen and oxygen atoms in total. The SMILES string of the molecule is CN(C)c1nc(NC2CCC(CNCCCc3ccccc3Cl)CC2)nc2ccccc12. The largest absolute Gasteiger partial charge is 0.362 e.